The van der Waals surface area contributed by atoms with Crippen molar-refractivity contribution >= 4 is 16.0 Å². The summed E-state index contributed by atoms with van der Waals surface area (Å²) in [6.45, 7) is 22.8. The third kappa shape index (κ3) is 7.78. The second kappa shape index (κ2) is 11.8. The van der Waals surface area contributed by atoms with Crippen LogP contribution in [0.5, 0.6) is 0 Å². The Balaban J connectivity index is 2.82. The van der Waals surface area contributed by atoms with Gasteiger partial charge in [-0.2, -0.15) is 0 Å². The summed E-state index contributed by atoms with van der Waals surface area (Å²) < 4.78 is 5.40. The van der Waals surface area contributed by atoms with Gasteiger partial charge in [-0.25, -0.2) is 0 Å². The van der Waals surface area contributed by atoms with Crippen molar-refractivity contribution in [1.29, 1.82) is 0 Å². The molecule has 0 aromatic heterocycles. The molecular weight excluding hydrogens is 329 g/mol. The number of hydrogen-bond acceptors (Lipinski definition) is 4. The van der Waals surface area contributed by atoms with E-state index in [-0.39, 0.29) is 0 Å². The van der Waals surface area contributed by atoms with Crippen LogP contribution in [0.15, 0.2) is 77.5 Å². The summed E-state index contributed by atoms with van der Waals surface area (Å²) in [4.78, 5) is 8.57. The van der Waals surface area contributed by atoms with Gasteiger partial charge >= 0.3 is 0 Å². The van der Waals surface area contributed by atoms with Gasteiger partial charge in [0.2, 0.25) is 0 Å². The van der Waals surface area contributed by atoms with E-state index in [1.165, 1.54) is 0 Å². The maximum absolute atomic E-state index is 5.40. The molecule has 0 saturated carbocycles. The smallest absolute Gasteiger partial charge is 0.0693 e. The van der Waals surface area contributed by atoms with Gasteiger partial charge in [-0.1, -0.05) is 38.0 Å². The lowest BCUT2D eigenvalue weighted by atomic mass is 10.2. The molecule has 5 heteroatoms. The molecule has 1 saturated heterocycles. The molecule has 0 N–H and O–H groups in total. The van der Waals surface area contributed by atoms with Crippen molar-refractivity contribution in [3.63, 3.8) is 0 Å². The van der Waals surface area contributed by atoms with Crippen LogP contribution in [0.3, 0.4) is 0 Å². The molecular formula is C20H30N3OP. The Hall–Kier alpha value is -1.74. The van der Waals surface area contributed by atoms with Crippen LogP contribution in [0.2, 0.25) is 0 Å². The van der Waals surface area contributed by atoms with E-state index < -0.39 is 0 Å². The first-order valence-corrected chi connectivity index (χ1v) is 8.93. The zero-order chi connectivity index (χ0) is 18.7. The minimum Gasteiger partial charge on any atom is -0.379 e. The van der Waals surface area contributed by atoms with Gasteiger partial charge in [0.1, 0.15) is 0 Å². The van der Waals surface area contributed by atoms with Gasteiger partial charge in [-0.15, -0.1) is 9.24 Å². The first-order chi connectivity index (χ1) is 12.0. The van der Waals surface area contributed by atoms with E-state index in [1.807, 2.05) is 25.2 Å². The molecule has 1 fully saturated rings. The van der Waals surface area contributed by atoms with Crippen molar-refractivity contribution in [2.24, 2.45) is 4.99 Å². The molecule has 0 radical (unpaired) electrons. The lowest BCUT2D eigenvalue weighted by Gasteiger charge is -2.29. The lowest BCUT2D eigenvalue weighted by molar-refractivity contribution is 0.0362. The summed E-state index contributed by atoms with van der Waals surface area (Å²) in [5.41, 5.74) is 2.74. The standard InChI is InChI=1S/C20H30N3OP/c1-6-18(8-9-19(21-5)20(25)7-2)16-23(17(3)4)11-10-22-12-14-24-15-13-22/h6-9,16H,1-3,5,10-15,25H2,4H3/b9-8+,18-16+,20-19+. The van der Waals surface area contributed by atoms with Gasteiger partial charge < -0.3 is 9.64 Å². The maximum Gasteiger partial charge on any atom is 0.0693 e. The fraction of sp³-hybridized carbons (Fsp3) is 0.350. The second-order valence-corrected chi connectivity index (χ2v) is 6.37. The zero-order valence-electron chi connectivity index (χ0n) is 15.3. The molecule has 0 bridgehead atoms. The first-order valence-electron chi connectivity index (χ1n) is 8.35. The number of morpholine rings is 1. The van der Waals surface area contributed by atoms with Crippen LogP contribution in [0.25, 0.3) is 0 Å². The van der Waals surface area contributed by atoms with Crippen LogP contribution in [0.1, 0.15) is 6.92 Å². The normalized spacial score (nSPS) is 17.1. The second-order valence-electron chi connectivity index (χ2n) is 5.75. The fourth-order valence-corrected chi connectivity index (χ4v) is 2.49. The molecule has 1 atom stereocenters. The van der Waals surface area contributed by atoms with E-state index in [9.17, 15) is 0 Å². The number of rotatable bonds is 10. The number of nitrogens with zero attached hydrogens (tertiary/aromatic N) is 3. The average molecular weight is 359 g/mol. The molecule has 0 aromatic rings. The molecule has 1 aliphatic rings. The van der Waals surface area contributed by atoms with Crippen molar-refractivity contribution in [3.8, 4) is 0 Å². The Morgan fingerprint density at radius 1 is 1.24 bits per heavy atom. The predicted octanol–water partition coefficient (Wildman–Crippen LogP) is 3.75. The van der Waals surface area contributed by atoms with Gasteiger partial charge in [-0.05, 0) is 30.6 Å². The number of hydrogen-bond donors (Lipinski definition) is 0. The summed E-state index contributed by atoms with van der Waals surface area (Å²) in [5.74, 6) is 0. The minimum absolute atomic E-state index is 0.767. The van der Waals surface area contributed by atoms with E-state index in [4.69, 9.17) is 4.74 Å². The molecule has 0 spiro atoms. The molecule has 1 aliphatic heterocycles. The average Bonchev–Trinajstić information content (AvgIpc) is 2.64. The Morgan fingerprint density at radius 3 is 2.44 bits per heavy atom. The Morgan fingerprint density at radius 2 is 1.92 bits per heavy atom. The van der Waals surface area contributed by atoms with Gasteiger partial charge in [0.25, 0.3) is 0 Å². The highest BCUT2D eigenvalue weighted by molar-refractivity contribution is 7.23. The molecule has 0 aromatic carbocycles. The third-order valence-electron chi connectivity index (χ3n) is 3.91. The molecule has 4 nitrogen and oxygen atoms in total. The molecule has 1 heterocycles. The van der Waals surface area contributed by atoms with Crippen molar-refractivity contribution in [2.45, 2.75) is 6.92 Å². The Kier molecular flexibility index (Phi) is 10.0. The van der Waals surface area contributed by atoms with E-state index in [0.29, 0.717) is 0 Å². The van der Waals surface area contributed by atoms with Crippen LogP contribution in [0.4, 0.5) is 0 Å². The number of ether oxygens (including phenoxy) is 1. The van der Waals surface area contributed by atoms with Gasteiger partial charge in [-0.3, -0.25) is 9.89 Å². The van der Waals surface area contributed by atoms with Crippen molar-refractivity contribution in [3.05, 3.63) is 72.5 Å². The van der Waals surface area contributed by atoms with Crippen LogP contribution in [-0.2, 0) is 4.74 Å². The van der Waals surface area contributed by atoms with E-state index >= 15 is 0 Å². The minimum atomic E-state index is 0.767. The largest absolute Gasteiger partial charge is 0.379 e. The fourth-order valence-electron chi connectivity index (χ4n) is 2.30. The van der Waals surface area contributed by atoms with Gasteiger partial charge in [0.05, 0.1) is 18.9 Å². The third-order valence-corrected chi connectivity index (χ3v) is 4.44. The van der Waals surface area contributed by atoms with E-state index in [2.05, 4.69) is 56.7 Å². The quantitative estimate of drug-likeness (QED) is 0.338. The van der Waals surface area contributed by atoms with Crippen LogP contribution in [0, 0.1) is 0 Å². The lowest BCUT2D eigenvalue weighted by Crippen LogP contribution is -2.40. The monoisotopic (exact) mass is 359 g/mol. The zero-order valence-corrected chi connectivity index (χ0v) is 16.4. The van der Waals surface area contributed by atoms with Gasteiger partial charge in [0, 0.05) is 38.1 Å². The predicted molar refractivity (Wildman–Crippen MR) is 113 cm³/mol. The van der Waals surface area contributed by atoms with Crippen molar-refractivity contribution in [1.82, 2.24) is 9.80 Å². The Labute approximate surface area is 154 Å². The highest BCUT2D eigenvalue weighted by Crippen LogP contribution is 2.17. The maximum atomic E-state index is 5.40. The number of allylic oxidation sites excluding steroid dienone is 7. The molecule has 1 rings (SSSR count). The van der Waals surface area contributed by atoms with Crippen molar-refractivity contribution < 1.29 is 4.74 Å². The summed E-state index contributed by atoms with van der Waals surface area (Å²) in [6, 6.07) is 0. The van der Waals surface area contributed by atoms with Crippen LogP contribution < -0.4 is 0 Å². The van der Waals surface area contributed by atoms with Crippen LogP contribution in [-0.4, -0.2) is 55.9 Å². The van der Waals surface area contributed by atoms with E-state index in [0.717, 1.165) is 61.7 Å². The molecule has 25 heavy (non-hydrogen) atoms. The SMILES string of the molecule is C=CC(/C=C/C(N=C)=C(\P)C=C)=C\N(CCN1CCOCC1)C(=C)C. The van der Waals surface area contributed by atoms with E-state index in [1.54, 1.807) is 6.08 Å². The van der Waals surface area contributed by atoms with Gasteiger partial charge in [0.15, 0.2) is 0 Å². The summed E-state index contributed by atoms with van der Waals surface area (Å²) in [7, 11) is 2.60. The molecule has 1 unspecified atom stereocenters. The topological polar surface area (TPSA) is 28.1 Å². The number of aliphatic imine (C=N–C) groups is 1. The highest BCUT2D eigenvalue weighted by Gasteiger charge is 2.11. The molecule has 0 aliphatic carbocycles. The molecule has 136 valence electrons. The van der Waals surface area contributed by atoms with Crippen molar-refractivity contribution in [2.75, 3.05) is 39.4 Å². The first kappa shape index (κ1) is 21.3. The summed E-state index contributed by atoms with van der Waals surface area (Å²) >= 11 is 0. The Bertz CT molecular complexity index is 584. The molecule has 0 amide bonds. The van der Waals surface area contributed by atoms with Crippen LogP contribution >= 0.6 is 9.24 Å². The summed E-state index contributed by atoms with van der Waals surface area (Å²) in [6.07, 6.45) is 9.48. The summed E-state index contributed by atoms with van der Waals surface area (Å²) in [5, 5.41) is 0.902. The highest BCUT2D eigenvalue weighted by atomic mass is 31.0.